The number of hydrogen-bond acceptors (Lipinski definition) is 6. The number of benzene rings is 1. The number of nitrogens with one attached hydrogen (secondary N) is 2. The SMILES string of the molecule is COCCNC(=O)C1CCCN(c2nc3ccccc3[nH]2)C1.O=C(O)C(=O)O. The average molecular weight is 392 g/mol. The van der Waals surface area contributed by atoms with Crippen LogP contribution >= 0.6 is 0 Å². The third kappa shape index (κ3) is 5.95. The summed E-state index contributed by atoms with van der Waals surface area (Å²) in [6.45, 7) is 2.75. The van der Waals surface area contributed by atoms with Gasteiger partial charge in [0.1, 0.15) is 0 Å². The summed E-state index contributed by atoms with van der Waals surface area (Å²) in [6.07, 6.45) is 1.93. The van der Waals surface area contributed by atoms with Crippen molar-refractivity contribution in [2.45, 2.75) is 12.8 Å². The molecule has 0 spiro atoms. The van der Waals surface area contributed by atoms with Crippen LogP contribution in [0.2, 0.25) is 0 Å². The molecule has 0 radical (unpaired) electrons. The van der Waals surface area contributed by atoms with Gasteiger partial charge < -0.3 is 30.2 Å². The molecular formula is C18H24N4O6. The van der Waals surface area contributed by atoms with E-state index >= 15 is 0 Å². The van der Waals surface area contributed by atoms with E-state index in [1.165, 1.54) is 0 Å². The number of amides is 1. The molecule has 1 aromatic carbocycles. The number of fused-ring (bicyclic) bond motifs is 1. The first-order valence-corrected chi connectivity index (χ1v) is 8.85. The maximum atomic E-state index is 12.2. The third-order valence-corrected chi connectivity index (χ3v) is 4.26. The molecule has 3 rings (SSSR count). The number of hydrogen-bond donors (Lipinski definition) is 4. The number of rotatable bonds is 5. The number of nitrogens with zero attached hydrogens (tertiary/aromatic N) is 2. The third-order valence-electron chi connectivity index (χ3n) is 4.26. The maximum Gasteiger partial charge on any atom is 0.414 e. The molecule has 1 amide bonds. The molecule has 152 valence electrons. The van der Waals surface area contributed by atoms with Gasteiger partial charge in [-0.25, -0.2) is 14.6 Å². The number of H-pyrrole nitrogens is 1. The Morgan fingerprint density at radius 2 is 2.00 bits per heavy atom. The lowest BCUT2D eigenvalue weighted by molar-refractivity contribution is -0.159. The molecule has 4 N–H and O–H groups in total. The summed E-state index contributed by atoms with van der Waals surface area (Å²) in [5.41, 5.74) is 1.99. The Labute approximate surface area is 161 Å². The topological polar surface area (TPSA) is 145 Å². The monoisotopic (exact) mass is 392 g/mol. The number of carbonyl (C=O) groups excluding carboxylic acids is 1. The average Bonchev–Trinajstić information content (AvgIpc) is 3.13. The van der Waals surface area contributed by atoms with Gasteiger partial charge in [0, 0.05) is 26.7 Å². The molecule has 1 saturated heterocycles. The largest absolute Gasteiger partial charge is 0.473 e. The van der Waals surface area contributed by atoms with Gasteiger partial charge >= 0.3 is 11.9 Å². The number of aromatic nitrogens is 2. The van der Waals surface area contributed by atoms with E-state index in [-0.39, 0.29) is 11.8 Å². The van der Waals surface area contributed by atoms with E-state index in [2.05, 4.69) is 20.2 Å². The van der Waals surface area contributed by atoms with Crippen LogP contribution in [0.4, 0.5) is 5.95 Å². The van der Waals surface area contributed by atoms with Crippen molar-refractivity contribution >= 4 is 34.8 Å². The number of piperidine rings is 1. The van der Waals surface area contributed by atoms with Crippen LogP contribution in [0.3, 0.4) is 0 Å². The Hall–Kier alpha value is -3.14. The smallest absolute Gasteiger partial charge is 0.414 e. The second kappa shape index (κ2) is 10.3. The van der Waals surface area contributed by atoms with Crippen molar-refractivity contribution in [1.82, 2.24) is 15.3 Å². The number of para-hydroxylation sites is 2. The van der Waals surface area contributed by atoms with Gasteiger partial charge in [-0.3, -0.25) is 4.79 Å². The number of carbonyl (C=O) groups is 3. The lowest BCUT2D eigenvalue weighted by Gasteiger charge is -2.31. The molecule has 2 aromatic rings. The van der Waals surface area contributed by atoms with Crippen LogP contribution in [0.15, 0.2) is 24.3 Å². The molecule has 0 bridgehead atoms. The number of carboxylic acids is 2. The molecule has 1 aliphatic heterocycles. The zero-order chi connectivity index (χ0) is 20.5. The Morgan fingerprint density at radius 3 is 2.64 bits per heavy atom. The zero-order valence-corrected chi connectivity index (χ0v) is 15.6. The van der Waals surface area contributed by atoms with E-state index in [4.69, 9.17) is 24.5 Å². The Morgan fingerprint density at radius 1 is 1.29 bits per heavy atom. The highest BCUT2D eigenvalue weighted by molar-refractivity contribution is 6.27. The van der Waals surface area contributed by atoms with Gasteiger partial charge in [-0.1, -0.05) is 12.1 Å². The van der Waals surface area contributed by atoms with Gasteiger partial charge in [0.15, 0.2) is 0 Å². The molecule has 1 atom stereocenters. The van der Waals surface area contributed by atoms with Crippen molar-refractivity contribution in [3.05, 3.63) is 24.3 Å². The van der Waals surface area contributed by atoms with Crippen LogP contribution in [-0.4, -0.2) is 71.4 Å². The van der Waals surface area contributed by atoms with Crippen LogP contribution in [0.1, 0.15) is 12.8 Å². The Kier molecular flexibility index (Phi) is 7.76. The van der Waals surface area contributed by atoms with Gasteiger partial charge in [-0.05, 0) is 25.0 Å². The highest BCUT2D eigenvalue weighted by Crippen LogP contribution is 2.23. The van der Waals surface area contributed by atoms with Crippen molar-refractivity contribution in [3.63, 3.8) is 0 Å². The van der Waals surface area contributed by atoms with Crippen LogP contribution in [0.25, 0.3) is 11.0 Å². The van der Waals surface area contributed by atoms with Crippen LogP contribution in [-0.2, 0) is 19.1 Å². The van der Waals surface area contributed by atoms with E-state index in [0.717, 1.165) is 36.4 Å². The standard InChI is InChI=1S/C16H22N4O2.C2H2O4/c1-22-10-8-17-15(21)12-5-4-9-20(11-12)16-18-13-6-2-3-7-14(13)19-16;3-1(4)2(5)6/h2-3,6-7,12H,4-5,8-11H2,1H3,(H,17,21)(H,18,19);(H,3,4)(H,5,6). The van der Waals surface area contributed by atoms with Gasteiger partial charge in [-0.2, -0.15) is 0 Å². The summed E-state index contributed by atoms with van der Waals surface area (Å²) in [6, 6.07) is 7.99. The predicted molar refractivity (Wildman–Crippen MR) is 101 cm³/mol. The normalized spacial score (nSPS) is 16.2. The van der Waals surface area contributed by atoms with E-state index in [9.17, 15) is 4.79 Å². The molecule has 1 aromatic heterocycles. The van der Waals surface area contributed by atoms with Crippen LogP contribution in [0, 0.1) is 5.92 Å². The maximum absolute atomic E-state index is 12.2. The lowest BCUT2D eigenvalue weighted by atomic mass is 9.97. The Balaban J connectivity index is 0.000000409. The van der Waals surface area contributed by atoms with Crippen molar-refractivity contribution in [2.24, 2.45) is 5.92 Å². The number of anilines is 1. The molecule has 1 unspecified atom stereocenters. The quantitative estimate of drug-likeness (QED) is 0.430. The van der Waals surface area contributed by atoms with Gasteiger partial charge in [0.2, 0.25) is 11.9 Å². The molecule has 28 heavy (non-hydrogen) atoms. The fraction of sp³-hybridized carbons (Fsp3) is 0.444. The molecule has 10 heteroatoms. The van der Waals surface area contributed by atoms with E-state index in [1.54, 1.807) is 7.11 Å². The molecule has 1 fully saturated rings. The lowest BCUT2D eigenvalue weighted by Crippen LogP contribution is -2.44. The number of aliphatic carboxylic acids is 2. The van der Waals surface area contributed by atoms with Gasteiger partial charge in [0.05, 0.1) is 23.6 Å². The summed E-state index contributed by atoms with van der Waals surface area (Å²) in [5.74, 6) is -2.67. The highest BCUT2D eigenvalue weighted by Gasteiger charge is 2.27. The first kappa shape index (κ1) is 21.2. The van der Waals surface area contributed by atoms with E-state index in [1.807, 2.05) is 24.3 Å². The summed E-state index contributed by atoms with van der Waals surface area (Å²) in [4.78, 5) is 40.5. The minimum absolute atomic E-state index is 0.0128. The number of ether oxygens (including phenoxy) is 1. The zero-order valence-electron chi connectivity index (χ0n) is 15.6. The molecule has 2 heterocycles. The molecule has 0 aliphatic carbocycles. The number of imidazole rings is 1. The van der Waals surface area contributed by atoms with Crippen LogP contribution in [0.5, 0.6) is 0 Å². The molecule has 1 aliphatic rings. The first-order valence-electron chi connectivity index (χ1n) is 8.85. The van der Waals surface area contributed by atoms with Crippen LogP contribution < -0.4 is 10.2 Å². The van der Waals surface area contributed by atoms with Gasteiger partial charge in [-0.15, -0.1) is 0 Å². The van der Waals surface area contributed by atoms with Crippen molar-refractivity contribution < 1.29 is 29.3 Å². The summed E-state index contributed by atoms with van der Waals surface area (Å²) in [5, 5.41) is 17.7. The van der Waals surface area contributed by atoms with E-state index < -0.39 is 11.9 Å². The number of methoxy groups -OCH3 is 1. The second-order valence-electron chi connectivity index (χ2n) is 6.26. The fourth-order valence-electron chi connectivity index (χ4n) is 2.89. The van der Waals surface area contributed by atoms with Crippen molar-refractivity contribution in [2.75, 3.05) is 38.3 Å². The second-order valence-corrected chi connectivity index (χ2v) is 6.26. The summed E-state index contributed by atoms with van der Waals surface area (Å²) >= 11 is 0. The Bertz CT molecular complexity index is 776. The number of aromatic amines is 1. The van der Waals surface area contributed by atoms with Gasteiger partial charge in [0.25, 0.3) is 0 Å². The predicted octanol–water partition coefficient (Wildman–Crippen LogP) is 0.698. The van der Waals surface area contributed by atoms with E-state index in [0.29, 0.717) is 19.7 Å². The minimum Gasteiger partial charge on any atom is -0.473 e. The summed E-state index contributed by atoms with van der Waals surface area (Å²) in [7, 11) is 1.63. The number of carboxylic acid groups (broad SMARTS) is 2. The minimum atomic E-state index is -1.82. The fourth-order valence-corrected chi connectivity index (χ4v) is 2.89. The van der Waals surface area contributed by atoms with Crippen molar-refractivity contribution in [1.29, 1.82) is 0 Å². The molecule has 0 saturated carbocycles. The van der Waals surface area contributed by atoms with Crippen molar-refractivity contribution in [3.8, 4) is 0 Å². The molecule has 10 nitrogen and oxygen atoms in total. The first-order chi connectivity index (χ1) is 13.4. The highest BCUT2D eigenvalue weighted by atomic mass is 16.5. The summed E-state index contributed by atoms with van der Waals surface area (Å²) < 4.78 is 4.96. The molecular weight excluding hydrogens is 368 g/mol.